The van der Waals surface area contributed by atoms with Crippen LogP contribution >= 0.6 is 0 Å². The summed E-state index contributed by atoms with van der Waals surface area (Å²) in [7, 11) is -3.70. The van der Waals surface area contributed by atoms with Gasteiger partial charge in [0.05, 0.1) is 5.69 Å². The Kier molecular flexibility index (Phi) is 4.23. The molecule has 0 aliphatic rings. The van der Waals surface area contributed by atoms with Crippen molar-refractivity contribution in [2.24, 2.45) is 0 Å². The van der Waals surface area contributed by atoms with E-state index in [9.17, 15) is 8.42 Å². The first-order chi connectivity index (χ1) is 11.4. The van der Waals surface area contributed by atoms with Gasteiger partial charge in [0.2, 0.25) is 20.9 Å². The van der Waals surface area contributed by atoms with Crippen LogP contribution in [0.1, 0.15) is 29.8 Å². The molecule has 0 saturated carbocycles. The Labute approximate surface area is 140 Å². The molecular weight excluding hydrogens is 328 g/mol. The molecule has 3 aromatic rings. The molecule has 0 spiro atoms. The molecule has 0 fully saturated rings. The molecule has 2 heterocycles. The fourth-order valence-corrected chi connectivity index (χ4v) is 3.77. The number of sulfone groups is 1. The van der Waals surface area contributed by atoms with E-state index < -0.39 is 9.84 Å². The summed E-state index contributed by atoms with van der Waals surface area (Å²) in [5.41, 5.74) is 2.86. The molecule has 0 bridgehead atoms. The van der Waals surface area contributed by atoms with Gasteiger partial charge in [0.1, 0.15) is 5.75 Å². The van der Waals surface area contributed by atoms with Crippen LogP contribution in [0.3, 0.4) is 0 Å². The number of aryl methyl sites for hydroxylation is 3. The van der Waals surface area contributed by atoms with E-state index in [-0.39, 0.29) is 16.7 Å². The minimum absolute atomic E-state index is 0.0303. The molecular formula is C16H18N4O3S. The third kappa shape index (κ3) is 3.09. The Hall–Kier alpha value is -2.48. The highest BCUT2D eigenvalue weighted by Crippen LogP contribution is 2.21. The molecule has 7 nitrogen and oxygen atoms in total. The van der Waals surface area contributed by atoms with Gasteiger partial charge in [-0.15, -0.1) is 0 Å². The van der Waals surface area contributed by atoms with Gasteiger partial charge in [0, 0.05) is 18.8 Å². The lowest BCUT2D eigenvalue weighted by atomic mass is 10.1. The second kappa shape index (κ2) is 6.20. The Morgan fingerprint density at radius 3 is 2.71 bits per heavy atom. The van der Waals surface area contributed by atoms with Crippen molar-refractivity contribution in [3.05, 3.63) is 53.4 Å². The van der Waals surface area contributed by atoms with Crippen LogP contribution in [-0.4, -0.2) is 28.1 Å². The van der Waals surface area contributed by atoms with E-state index in [0.717, 1.165) is 16.8 Å². The SMILES string of the molecule is CCc1nc(CS(=O)(=O)c2nccn2-c2ccc(C)cc2C)no1. The molecule has 0 unspecified atom stereocenters. The zero-order valence-electron chi connectivity index (χ0n) is 13.7. The van der Waals surface area contributed by atoms with Crippen molar-refractivity contribution in [1.82, 2.24) is 19.7 Å². The van der Waals surface area contributed by atoms with E-state index in [2.05, 4.69) is 15.1 Å². The number of aromatic nitrogens is 4. The maximum Gasteiger partial charge on any atom is 0.232 e. The van der Waals surface area contributed by atoms with Crippen molar-refractivity contribution >= 4 is 9.84 Å². The zero-order valence-corrected chi connectivity index (χ0v) is 14.5. The molecule has 1 aromatic carbocycles. The van der Waals surface area contributed by atoms with Gasteiger partial charge in [-0.05, 0) is 25.5 Å². The first-order valence-corrected chi connectivity index (χ1v) is 9.21. The van der Waals surface area contributed by atoms with E-state index >= 15 is 0 Å². The van der Waals surface area contributed by atoms with Gasteiger partial charge in [-0.3, -0.25) is 4.57 Å². The van der Waals surface area contributed by atoms with Crippen LogP contribution in [0.15, 0.2) is 40.3 Å². The maximum absolute atomic E-state index is 12.7. The topological polar surface area (TPSA) is 90.9 Å². The van der Waals surface area contributed by atoms with Crippen molar-refractivity contribution in [3.8, 4) is 5.69 Å². The number of nitrogens with zero attached hydrogens (tertiary/aromatic N) is 4. The molecule has 0 amide bonds. The van der Waals surface area contributed by atoms with Crippen LogP contribution in [-0.2, 0) is 22.0 Å². The normalized spacial score (nSPS) is 11.8. The van der Waals surface area contributed by atoms with Crippen LogP contribution < -0.4 is 0 Å². The number of benzene rings is 1. The van der Waals surface area contributed by atoms with Crippen LogP contribution in [0, 0.1) is 13.8 Å². The third-order valence-corrected chi connectivity index (χ3v) is 5.13. The molecule has 0 radical (unpaired) electrons. The van der Waals surface area contributed by atoms with Gasteiger partial charge < -0.3 is 4.52 Å². The zero-order chi connectivity index (χ0) is 17.3. The minimum Gasteiger partial charge on any atom is -0.339 e. The first-order valence-electron chi connectivity index (χ1n) is 7.56. The average molecular weight is 346 g/mol. The molecule has 0 atom stereocenters. The van der Waals surface area contributed by atoms with E-state index in [1.807, 2.05) is 39.0 Å². The Bertz CT molecular complexity index is 973. The van der Waals surface area contributed by atoms with Crippen LogP contribution in [0.5, 0.6) is 0 Å². The fraction of sp³-hybridized carbons (Fsp3) is 0.312. The predicted octanol–water partition coefficient (Wildman–Crippen LogP) is 2.41. The molecule has 0 aliphatic heterocycles. The molecule has 0 aliphatic carbocycles. The third-order valence-electron chi connectivity index (χ3n) is 3.63. The Morgan fingerprint density at radius 1 is 1.25 bits per heavy atom. The van der Waals surface area contributed by atoms with Gasteiger partial charge in [-0.25, -0.2) is 13.4 Å². The van der Waals surface area contributed by atoms with Crippen LogP contribution in [0.25, 0.3) is 5.69 Å². The average Bonchev–Trinajstić information content (AvgIpc) is 3.16. The molecule has 0 N–H and O–H groups in total. The lowest BCUT2D eigenvalue weighted by molar-refractivity contribution is 0.378. The maximum atomic E-state index is 12.7. The summed E-state index contributed by atoms with van der Waals surface area (Å²) in [4.78, 5) is 8.10. The van der Waals surface area contributed by atoms with Gasteiger partial charge >= 0.3 is 0 Å². The highest BCUT2D eigenvalue weighted by molar-refractivity contribution is 7.90. The van der Waals surface area contributed by atoms with Gasteiger partial charge in [-0.2, -0.15) is 4.98 Å². The smallest absolute Gasteiger partial charge is 0.232 e. The molecule has 2 aromatic heterocycles. The number of hydrogen-bond acceptors (Lipinski definition) is 6. The van der Waals surface area contributed by atoms with Crippen molar-refractivity contribution < 1.29 is 12.9 Å². The summed E-state index contributed by atoms with van der Waals surface area (Å²) < 4.78 is 32.0. The first kappa shape index (κ1) is 16.4. The molecule has 126 valence electrons. The standard InChI is InChI=1S/C16H18N4O3S/c1-4-15-18-14(19-23-15)10-24(21,22)16-17-7-8-20(16)13-6-5-11(2)9-12(13)3/h5-9H,4,10H2,1-3H3. The Balaban J connectivity index is 1.99. The molecule has 24 heavy (non-hydrogen) atoms. The van der Waals surface area contributed by atoms with Crippen molar-refractivity contribution in [1.29, 1.82) is 0 Å². The lowest BCUT2D eigenvalue weighted by Crippen LogP contribution is -2.13. The number of rotatable bonds is 5. The summed E-state index contributed by atoms with van der Waals surface area (Å²) >= 11 is 0. The quantitative estimate of drug-likeness (QED) is 0.704. The van der Waals surface area contributed by atoms with Crippen LogP contribution in [0.2, 0.25) is 0 Å². The molecule has 0 saturated heterocycles. The highest BCUT2D eigenvalue weighted by Gasteiger charge is 2.25. The van der Waals surface area contributed by atoms with E-state index in [1.165, 1.54) is 6.20 Å². The van der Waals surface area contributed by atoms with E-state index in [4.69, 9.17) is 4.52 Å². The fourth-order valence-electron chi connectivity index (χ4n) is 2.51. The molecule has 8 heteroatoms. The van der Waals surface area contributed by atoms with Crippen molar-refractivity contribution in [3.63, 3.8) is 0 Å². The highest BCUT2D eigenvalue weighted by atomic mass is 32.2. The Morgan fingerprint density at radius 2 is 2.04 bits per heavy atom. The van der Waals surface area contributed by atoms with E-state index in [0.29, 0.717) is 12.3 Å². The van der Waals surface area contributed by atoms with Crippen molar-refractivity contribution in [2.75, 3.05) is 0 Å². The summed E-state index contributed by atoms with van der Waals surface area (Å²) in [6, 6.07) is 5.82. The van der Waals surface area contributed by atoms with Gasteiger partial charge in [-0.1, -0.05) is 29.8 Å². The monoisotopic (exact) mass is 346 g/mol. The summed E-state index contributed by atoms with van der Waals surface area (Å²) in [5, 5.41) is 3.68. The number of hydrogen-bond donors (Lipinski definition) is 0. The second-order valence-electron chi connectivity index (χ2n) is 5.59. The summed E-state index contributed by atoms with van der Waals surface area (Å²) in [6.07, 6.45) is 3.67. The minimum atomic E-state index is -3.70. The summed E-state index contributed by atoms with van der Waals surface area (Å²) in [6.45, 7) is 5.79. The lowest BCUT2D eigenvalue weighted by Gasteiger charge is -2.11. The number of imidazole rings is 1. The largest absolute Gasteiger partial charge is 0.339 e. The second-order valence-corrected chi connectivity index (χ2v) is 7.47. The summed E-state index contributed by atoms with van der Waals surface area (Å²) in [5.74, 6) is 0.207. The van der Waals surface area contributed by atoms with E-state index in [1.54, 1.807) is 10.8 Å². The van der Waals surface area contributed by atoms with Crippen molar-refractivity contribution in [2.45, 2.75) is 38.1 Å². The molecule has 3 rings (SSSR count). The van der Waals surface area contributed by atoms with Gasteiger partial charge in [0.25, 0.3) is 0 Å². The predicted molar refractivity (Wildman–Crippen MR) is 87.6 cm³/mol. The van der Waals surface area contributed by atoms with Gasteiger partial charge in [0.15, 0.2) is 5.82 Å². The van der Waals surface area contributed by atoms with Crippen LogP contribution in [0.4, 0.5) is 0 Å².